The molecule has 116 valence electrons. The molecule has 9 heteroatoms. The zero-order valence-corrected chi connectivity index (χ0v) is 13.4. The lowest BCUT2D eigenvalue weighted by molar-refractivity contribution is -0.129. The Morgan fingerprint density at radius 1 is 1.29 bits per heavy atom. The number of piperazine rings is 1. The molecule has 1 aromatic rings. The molecule has 2 heterocycles. The molecular weight excluding hydrogens is 312 g/mol. The third-order valence-corrected chi connectivity index (χ3v) is 7.29. The van der Waals surface area contributed by atoms with Crippen LogP contribution in [0.5, 0.6) is 0 Å². The molecule has 1 aliphatic heterocycles. The number of carbonyl (C=O) groups is 1. The van der Waals surface area contributed by atoms with Gasteiger partial charge in [0.05, 0.1) is 5.25 Å². The first-order valence-electron chi connectivity index (χ1n) is 6.90. The SMILES string of the molecule is CC(=O)N1CCN(c2snc(N)c2S(=O)(=O)C2CC2)CC1. The number of sulfone groups is 1. The average Bonchev–Trinajstić information content (AvgIpc) is 3.22. The maximum Gasteiger partial charge on any atom is 0.219 e. The molecule has 0 atom stereocenters. The molecule has 1 saturated carbocycles. The lowest BCUT2D eigenvalue weighted by Crippen LogP contribution is -2.48. The van der Waals surface area contributed by atoms with E-state index in [9.17, 15) is 13.2 Å². The molecule has 0 bridgehead atoms. The first-order valence-corrected chi connectivity index (χ1v) is 9.22. The molecular formula is C12H18N4O3S2. The number of rotatable bonds is 3. The van der Waals surface area contributed by atoms with Gasteiger partial charge in [-0.3, -0.25) is 4.79 Å². The van der Waals surface area contributed by atoms with Crippen molar-refractivity contribution in [3.8, 4) is 0 Å². The average molecular weight is 330 g/mol. The largest absolute Gasteiger partial charge is 0.382 e. The van der Waals surface area contributed by atoms with Crippen molar-refractivity contribution in [3.05, 3.63) is 0 Å². The Labute approximate surface area is 127 Å². The van der Waals surface area contributed by atoms with Crippen LogP contribution in [0.1, 0.15) is 19.8 Å². The molecule has 21 heavy (non-hydrogen) atoms. The minimum Gasteiger partial charge on any atom is -0.382 e. The molecule has 0 unspecified atom stereocenters. The van der Waals surface area contributed by atoms with Gasteiger partial charge in [0, 0.05) is 33.1 Å². The fourth-order valence-corrected chi connectivity index (χ4v) is 5.60. The second-order valence-corrected chi connectivity index (χ2v) is 8.36. The van der Waals surface area contributed by atoms with Crippen molar-refractivity contribution < 1.29 is 13.2 Å². The van der Waals surface area contributed by atoms with Gasteiger partial charge in [-0.2, -0.15) is 4.37 Å². The fourth-order valence-electron chi connectivity index (χ4n) is 2.52. The van der Waals surface area contributed by atoms with Gasteiger partial charge in [0.1, 0.15) is 9.90 Å². The van der Waals surface area contributed by atoms with Gasteiger partial charge in [0.15, 0.2) is 15.7 Å². The van der Waals surface area contributed by atoms with Gasteiger partial charge in [0.25, 0.3) is 0 Å². The number of nitrogens with zero attached hydrogens (tertiary/aromatic N) is 3. The number of nitrogen functional groups attached to an aromatic ring is 1. The van der Waals surface area contributed by atoms with E-state index in [4.69, 9.17) is 5.73 Å². The molecule has 2 fully saturated rings. The summed E-state index contributed by atoms with van der Waals surface area (Å²) in [5.41, 5.74) is 5.80. The molecule has 1 amide bonds. The summed E-state index contributed by atoms with van der Waals surface area (Å²) in [6.45, 7) is 3.94. The number of hydrogen-bond donors (Lipinski definition) is 1. The Balaban J connectivity index is 1.86. The number of hydrogen-bond acceptors (Lipinski definition) is 7. The number of anilines is 2. The third kappa shape index (κ3) is 2.59. The van der Waals surface area contributed by atoms with Crippen LogP contribution in [0.3, 0.4) is 0 Å². The van der Waals surface area contributed by atoms with E-state index in [2.05, 4.69) is 4.37 Å². The highest BCUT2D eigenvalue weighted by atomic mass is 32.2. The Bertz CT molecular complexity index is 658. The highest BCUT2D eigenvalue weighted by Crippen LogP contribution is 2.42. The van der Waals surface area contributed by atoms with Crippen LogP contribution in [0.2, 0.25) is 0 Å². The molecule has 2 N–H and O–H groups in total. The molecule has 0 aromatic carbocycles. The predicted octanol–water partition coefficient (Wildman–Crippen LogP) is 0.330. The zero-order chi connectivity index (χ0) is 15.2. The Kier molecular flexibility index (Phi) is 3.56. The monoisotopic (exact) mass is 330 g/mol. The maximum absolute atomic E-state index is 12.5. The summed E-state index contributed by atoms with van der Waals surface area (Å²) in [4.78, 5) is 15.3. The van der Waals surface area contributed by atoms with Gasteiger partial charge in [-0.25, -0.2) is 8.42 Å². The second kappa shape index (κ2) is 5.13. The van der Waals surface area contributed by atoms with Gasteiger partial charge < -0.3 is 15.5 Å². The van der Waals surface area contributed by atoms with E-state index in [1.165, 1.54) is 0 Å². The first kappa shape index (κ1) is 14.6. The smallest absolute Gasteiger partial charge is 0.219 e. The van der Waals surface area contributed by atoms with Crippen molar-refractivity contribution in [2.75, 3.05) is 36.8 Å². The van der Waals surface area contributed by atoms with E-state index in [1.54, 1.807) is 11.8 Å². The molecule has 7 nitrogen and oxygen atoms in total. The summed E-state index contributed by atoms with van der Waals surface area (Å²) < 4.78 is 29.1. The van der Waals surface area contributed by atoms with E-state index in [1.807, 2.05) is 4.90 Å². The minimum atomic E-state index is -3.36. The van der Waals surface area contributed by atoms with Crippen LogP contribution in [0.25, 0.3) is 0 Å². The molecule has 0 spiro atoms. The fraction of sp³-hybridized carbons (Fsp3) is 0.667. The Morgan fingerprint density at radius 2 is 1.90 bits per heavy atom. The second-order valence-electron chi connectivity index (χ2n) is 5.44. The van der Waals surface area contributed by atoms with Crippen molar-refractivity contribution in [2.45, 2.75) is 29.9 Å². The van der Waals surface area contributed by atoms with Crippen molar-refractivity contribution in [1.82, 2.24) is 9.27 Å². The van der Waals surface area contributed by atoms with E-state index >= 15 is 0 Å². The van der Waals surface area contributed by atoms with Crippen molar-refractivity contribution in [3.63, 3.8) is 0 Å². The van der Waals surface area contributed by atoms with Crippen LogP contribution in [-0.2, 0) is 14.6 Å². The van der Waals surface area contributed by atoms with E-state index in [0.29, 0.717) is 44.0 Å². The van der Waals surface area contributed by atoms with Crippen LogP contribution in [0, 0.1) is 0 Å². The summed E-state index contributed by atoms with van der Waals surface area (Å²) in [5, 5.41) is 0.330. The molecule has 3 rings (SSSR count). The summed E-state index contributed by atoms with van der Waals surface area (Å²) in [6.07, 6.45) is 1.41. The lowest BCUT2D eigenvalue weighted by Gasteiger charge is -2.34. The van der Waals surface area contributed by atoms with E-state index < -0.39 is 9.84 Å². The van der Waals surface area contributed by atoms with Crippen LogP contribution in [0.4, 0.5) is 10.8 Å². The zero-order valence-electron chi connectivity index (χ0n) is 11.8. The van der Waals surface area contributed by atoms with E-state index in [0.717, 1.165) is 11.5 Å². The summed E-state index contributed by atoms with van der Waals surface area (Å²) >= 11 is 1.13. The molecule has 1 saturated heterocycles. The van der Waals surface area contributed by atoms with Gasteiger partial charge in [0.2, 0.25) is 5.91 Å². The Morgan fingerprint density at radius 3 is 2.43 bits per heavy atom. The maximum atomic E-state index is 12.5. The van der Waals surface area contributed by atoms with Gasteiger partial charge in [-0.1, -0.05) is 0 Å². The van der Waals surface area contributed by atoms with Crippen molar-refractivity contribution in [2.24, 2.45) is 0 Å². The van der Waals surface area contributed by atoms with Crippen LogP contribution in [0.15, 0.2) is 4.90 Å². The van der Waals surface area contributed by atoms with Crippen LogP contribution < -0.4 is 10.6 Å². The van der Waals surface area contributed by atoms with Crippen molar-refractivity contribution in [1.29, 1.82) is 0 Å². The quantitative estimate of drug-likeness (QED) is 0.858. The summed E-state index contributed by atoms with van der Waals surface area (Å²) in [6, 6.07) is 0. The lowest BCUT2D eigenvalue weighted by atomic mass is 10.3. The third-order valence-electron chi connectivity index (χ3n) is 3.92. The predicted molar refractivity (Wildman–Crippen MR) is 81.2 cm³/mol. The standard InChI is InChI=1S/C12H18N4O3S2/c1-8(17)15-4-6-16(7-5-15)12-10(11(13)14-20-12)21(18,19)9-2-3-9/h9H,2-7H2,1H3,(H2,13,14). The molecule has 2 aliphatic rings. The number of carbonyl (C=O) groups excluding carboxylic acids is 1. The van der Waals surface area contributed by atoms with E-state index in [-0.39, 0.29) is 21.9 Å². The number of nitrogens with two attached hydrogens (primary N) is 1. The highest BCUT2D eigenvalue weighted by Gasteiger charge is 2.41. The topological polar surface area (TPSA) is 96.6 Å². The van der Waals surface area contributed by atoms with Gasteiger partial charge in [-0.15, -0.1) is 0 Å². The number of aromatic nitrogens is 1. The minimum absolute atomic E-state index is 0.0456. The van der Waals surface area contributed by atoms with Crippen LogP contribution >= 0.6 is 11.5 Å². The first-order chi connectivity index (χ1) is 9.91. The Hall–Kier alpha value is -1.35. The molecule has 0 radical (unpaired) electrons. The highest BCUT2D eigenvalue weighted by molar-refractivity contribution is 7.92. The summed E-state index contributed by atoms with van der Waals surface area (Å²) in [7, 11) is -3.36. The molecule has 1 aromatic heterocycles. The normalized spacial score (nSPS) is 19.9. The number of amides is 1. The summed E-state index contributed by atoms with van der Waals surface area (Å²) in [5.74, 6) is 0.153. The molecule has 1 aliphatic carbocycles. The van der Waals surface area contributed by atoms with Crippen LogP contribution in [-0.4, -0.2) is 55.0 Å². The van der Waals surface area contributed by atoms with Gasteiger partial charge in [-0.05, 0) is 24.4 Å². The van der Waals surface area contributed by atoms with Crippen molar-refractivity contribution >= 4 is 38.1 Å². The van der Waals surface area contributed by atoms with Gasteiger partial charge >= 0.3 is 0 Å².